The second-order valence-electron chi connectivity index (χ2n) is 8.15. The minimum Gasteiger partial charge on any atom is -0.466 e. The second-order valence-corrected chi connectivity index (χ2v) is 8.15. The van der Waals surface area contributed by atoms with Crippen LogP contribution in [0.1, 0.15) is 20.8 Å². The van der Waals surface area contributed by atoms with Crippen molar-refractivity contribution in [2.75, 3.05) is 7.11 Å². The summed E-state index contributed by atoms with van der Waals surface area (Å²) in [4.78, 5) is 37.5. The molecule has 0 saturated carbocycles. The van der Waals surface area contributed by atoms with Gasteiger partial charge in [-0.05, 0) is 38.5 Å². The van der Waals surface area contributed by atoms with Crippen LogP contribution in [-0.4, -0.2) is 72.3 Å². The minimum atomic E-state index is -1.60. The van der Waals surface area contributed by atoms with Crippen molar-refractivity contribution >= 4 is 17.9 Å². The predicted molar refractivity (Wildman–Crippen MR) is 99.9 cm³/mol. The Morgan fingerprint density at radius 1 is 1.27 bits per heavy atom. The minimum absolute atomic E-state index is 0.0360. The maximum absolute atomic E-state index is 12.8. The highest BCUT2D eigenvalue weighted by atomic mass is 16.7. The number of aliphatic hydroxyl groups excluding tert-OH is 1. The molecule has 0 spiro atoms. The maximum atomic E-state index is 12.8. The first kappa shape index (κ1) is 20.8. The summed E-state index contributed by atoms with van der Waals surface area (Å²) < 4.78 is 26.8. The van der Waals surface area contributed by atoms with E-state index >= 15 is 0 Å². The summed E-state index contributed by atoms with van der Waals surface area (Å²) in [7, 11) is 1.18. The fraction of sp³-hybridized carbons (Fsp3) is 0.571. The number of hydrogen-bond donors (Lipinski definition) is 1. The second kappa shape index (κ2) is 7.04. The standard InChI is InChI=1S/C21H24O9/c1-8-6-12-14(9(2)18(23)28-12)17(29-20(25)21(4)10(3)30-21)15(22)11(19(24)26-5)7-13-16(8)27-13/h6-7,10,12-17,22H,2H2,1,3-5H3/b8-6-,11-7+/t10-,12-,13-,14+,15+,16+,17+,21-/m1/s1. The maximum Gasteiger partial charge on any atom is 0.341 e. The predicted octanol–water partition coefficient (Wildman–Crippen LogP) is 0.361. The Hall–Kier alpha value is -2.49. The normalized spacial score (nSPS) is 45.6. The first-order chi connectivity index (χ1) is 14.1. The van der Waals surface area contributed by atoms with E-state index in [1.165, 1.54) is 13.2 Å². The number of fused-ring (bicyclic) bond motifs is 2. The fourth-order valence-corrected chi connectivity index (χ4v) is 3.98. The SMILES string of the molecule is C=C1C(=O)O[C@@H]2/C=C(/C)[C@@H]3O[C@@H]3/C=C(/C(=O)OC)[C@H](O)[C@@H](OC(=O)[C@]3(C)O[C@@H]3C)[C@@H]12. The van der Waals surface area contributed by atoms with Gasteiger partial charge < -0.3 is 28.8 Å². The van der Waals surface area contributed by atoms with E-state index < -0.39 is 53.8 Å². The van der Waals surface area contributed by atoms with Crippen LogP contribution in [0.25, 0.3) is 0 Å². The molecule has 9 nitrogen and oxygen atoms in total. The van der Waals surface area contributed by atoms with E-state index in [1.54, 1.807) is 19.9 Å². The Morgan fingerprint density at radius 3 is 2.53 bits per heavy atom. The molecule has 4 rings (SSSR count). The molecule has 1 aliphatic carbocycles. The zero-order valence-electron chi connectivity index (χ0n) is 17.1. The van der Waals surface area contributed by atoms with Crippen LogP contribution in [-0.2, 0) is 38.1 Å². The molecule has 9 heteroatoms. The lowest BCUT2D eigenvalue weighted by Gasteiger charge is -2.31. The molecule has 0 aromatic rings. The highest BCUT2D eigenvalue weighted by Crippen LogP contribution is 2.42. The van der Waals surface area contributed by atoms with E-state index in [1.807, 2.05) is 6.92 Å². The Morgan fingerprint density at radius 2 is 1.93 bits per heavy atom. The van der Waals surface area contributed by atoms with Gasteiger partial charge in [-0.1, -0.05) is 6.58 Å². The summed E-state index contributed by atoms with van der Waals surface area (Å²) in [6.45, 7) is 8.86. The molecule has 162 valence electrons. The summed E-state index contributed by atoms with van der Waals surface area (Å²) in [5.41, 5.74) is -0.473. The Labute approximate surface area is 173 Å². The molecule has 0 bridgehead atoms. The van der Waals surface area contributed by atoms with Gasteiger partial charge in [0.25, 0.3) is 0 Å². The van der Waals surface area contributed by atoms with E-state index in [-0.39, 0.29) is 23.4 Å². The average molecular weight is 420 g/mol. The van der Waals surface area contributed by atoms with Gasteiger partial charge in [0, 0.05) is 5.57 Å². The van der Waals surface area contributed by atoms with Crippen molar-refractivity contribution in [1.29, 1.82) is 0 Å². The van der Waals surface area contributed by atoms with E-state index in [0.29, 0.717) is 0 Å². The Balaban J connectivity index is 1.77. The first-order valence-corrected chi connectivity index (χ1v) is 9.69. The van der Waals surface area contributed by atoms with Crippen LogP contribution in [0.2, 0.25) is 0 Å². The van der Waals surface area contributed by atoms with Crippen LogP contribution < -0.4 is 0 Å². The van der Waals surface area contributed by atoms with Gasteiger partial charge in [0.05, 0.1) is 24.7 Å². The van der Waals surface area contributed by atoms with E-state index in [9.17, 15) is 19.5 Å². The lowest BCUT2D eigenvalue weighted by Crippen LogP contribution is -2.46. The Bertz CT molecular complexity index is 887. The highest BCUT2D eigenvalue weighted by molar-refractivity contribution is 5.93. The molecule has 0 amide bonds. The average Bonchev–Trinajstić information content (AvgIpc) is 3.58. The van der Waals surface area contributed by atoms with Crippen molar-refractivity contribution in [3.63, 3.8) is 0 Å². The van der Waals surface area contributed by atoms with Crippen LogP contribution >= 0.6 is 0 Å². The molecule has 3 fully saturated rings. The van der Waals surface area contributed by atoms with E-state index in [4.69, 9.17) is 23.7 Å². The molecule has 3 heterocycles. The number of epoxide rings is 2. The number of rotatable bonds is 3. The van der Waals surface area contributed by atoms with Crippen molar-refractivity contribution < 1.29 is 43.2 Å². The van der Waals surface area contributed by atoms with Gasteiger partial charge in [0.2, 0.25) is 0 Å². The van der Waals surface area contributed by atoms with Crippen molar-refractivity contribution in [2.24, 2.45) is 5.92 Å². The molecule has 0 unspecified atom stereocenters. The van der Waals surface area contributed by atoms with Gasteiger partial charge >= 0.3 is 17.9 Å². The number of hydrogen-bond acceptors (Lipinski definition) is 9. The van der Waals surface area contributed by atoms with Crippen LogP contribution in [0.15, 0.2) is 35.5 Å². The third-order valence-electron chi connectivity index (χ3n) is 6.20. The molecule has 8 atom stereocenters. The van der Waals surface area contributed by atoms with Crippen LogP contribution in [0.5, 0.6) is 0 Å². The number of esters is 3. The van der Waals surface area contributed by atoms with Crippen molar-refractivity contribution in [1.82, 2.24) is 0 Å². The summed E-state index contributed by atoms with van der Waals surface area (Å²) in [6.07, 6.45) is -1.75. The molecule has 4 aliphatic rings. The molecule has 0 radical (unpaired) electrons. The molecule has 1 N–H and O–H groups in total. The van der Waals surface area contributed by atoms with Crippen LogP contribution in [0.4, 0.5) is 0 Å². The topological polar surface area (TPSA) is 124 Å². The number of carbonyl (C=O) groups excluding carboxylic acids is 3. The third kappa shape index (κ3) is 3.27. The number of carbonyl (C=O) groups is 3. The fourth-order valence-electron chi connectivity index (χ4n) is 3.98. The van der Waals surface area contributed by atoms with Crippen molar-refractivity contribution in [3.05, 3.63) is 35.5 Å². The smallest absolute Gasteiger partial charge is 0.341 e. The zero-order valence-corrected chi connectivity index (χ0v) is 17.1. The molecule has 0 aromatic carbocycles. The summed E-state index contributed by atoms with van der Waals surface area (Å²) in [5.74, 6) is -3.09. The van der Waals surface area contributed by atoms with E-state index in [2.05, 4.69) is 6.58 Å². The van der Waals surface area contributed by atoms with Crippen LogP contribution in [0.3, 0.4) is 0 Å². The lowest BCUT2D eigenvalue weighted by atomic mass is 9.83. The molecular weight excluding hydrogens is 396 g/mol. The number of aliphatic hydroxyl groups is 1. The number of methoxy groups -OCH3 is 1. The summed E-state index contributed by atoms with van der Waals surface area (Å²) >= 11 is 0. The zero-order chi connectivity index (χ0) is 22.0. The Kier molecular flexibility index (Phi) is 4.87. The summed E-state index contributed by atoms with van der Waals surface area (Å²) in [6, 6.07) is 0. The monoisotopic (exact) mass is 420 g/mol. The first-order valence-electron chi connectivity index (χ1n) is 9.69. The molecule has 3 aliphatic heterocycles. The van der Waals surface area contributed by atoms with Gasteiger partial charge in [-0.2, -0.15) is 0 Å². The third-order valence-corrected chi connectivity index (χ3v) is 6.20. The highest BCUT2D eigenvalue weighted by Gasteiger charge is 2.59. The van der Waals surface area contributed by atoms with E-state index in [0.717, 1.165) is 5.57 Å². The molecule has 30 heavy (non-hydrogen) atoms. The van der Waals surface area contributed by atoms with Crippen molar-refractivity contribution in [2.45, 2.75) is 63.0 Å². The van der Waals surface area contributed by atoms with Gasteiger partial charge in [-0.15, -0.1) is 0 Å². The number of ether oxygens (including phenoxy) is 5. The van der Waals surface area contributed by atoms with Crippen molar-refractivity contribution in [3.8, 4) is 0 Å². The summed E-state index contributed by atoms with van der Waals surface area (Å²) in [5, 5.41) is 11.1. The van der Waals surface area contributed by atoms with Gasteiger partial charge in [-0.25, -0.2) is 14.4 Å². The van der Waals surface area contributed by atoms with Gasteiger partial charge in [-0.3, -0.25) is 0 Å². The molecule has 0 aromatic heterocycles. The van der Waals surface area contributed by atoms with Gasteiger partial charge in [0.15, 0.2) is 5.60 Å². The molecule has 3 saturated heterocycles. The van der Waals surface area contributed by atoms with Crippen LogP contribution in [0, 0.1) is 5.92 Å². The quantitative estimate of drug-likeness (QED) is 0.227. The molecular formula is C21H24O9. The van der Waals surface area contributed by atoms with Gasteiger partial charge in [0.1, 0.15) is 30.5 Å². The largest absolute Gasteiger partial charge is 0.466 e. The lowest BCUT2D eigenvalue weighted by molar-refractivity contribution is -0.165.